The molecule has 1 amide bonds. The number of amides is 1. The van der Waals surface area contributed by atoms with E-state index in [0.29, 0.717) is 12.0 Å². The molecule has 0 aliphatic heterocycles. The van der Waals surface area contributed by atoms with E-state index >= 15 is 0 Å². The Morgan fingerprint density at radius 1 is 1.17 bits per heavy atom. The highest BCUT2D eigenvalue weighted by atomic mass is 16.6. The van der Waals surface area contributed by atoms with Crippen molar-refractivity contribution in [2.75, 3.05) is 23.8 Å². The number of aromatic amines is 1. The van der Waals surface area contributed by atoms with Crippen LogP contribution >= 0.6 is 0 Å². The largest absolute Gasteiger partial charge is 0.452 e. The van der Waals surface area contributed by atoms with Crippen molar-refractivity contribution >= 4 is 29.1 Å². The molecule has 0 unspecified atom stereocenters. The summed E-state index contributed by atoms with van der Waals surface area (Å²) in [4.78, 5) is 64.3. The van der Waals surface area contributed by atoms with Gasteiger partial charge < -0.3 is 15.4 Å². The van der Waals surface area contributed by atoms with Gasteiger partial charge in [0.15, 0.2) is 12.3 Å². The van der Waals surface area contributed by atoms with Gasteiger partial charge in [-0.3, -0.25) is 29.3 Å². The van der Waals surface area contributed by atoms with E-state index in [4.69, 9.17) is 10.5 Å². The third-order valence-corrected chi connectivity index (χ3v) is 5.38. The number of hydrogen-bond donors (Lipinski definition) is 2. The van der Waals surface area contributed by atoms with Crippen LogP contribution in [0.4, 0.5) is 17.2 Å². The summed E-state index contributed by atoms with van der Waals surface area (Å²) in [6.45, 7) is 2.66. The molecule has 36 heavy (non-hydrogen) atoms. The molecule has 0 radical (unpaired) electrons. The number of nitro benzene ring substituents is 1. The third kappa shape index (κ3) is 5.66. The number of nitrogen functional groups attached to an aromatic ring is 1. The lowest BCUT2D eigenvalue weighted by Crippen LogP contribution is -2.43. The second kappa shape index (κ2) is 11.1. The number of esters is 1. The Labute approximate surface area is 205 Å². The Kier molecular flexibility index (Phi) is 8.00. The number of carbonyl (C=O) groups excluding carboxylic acids is 2. The first-order valence-electron chi connectivity index (χ1n) is 11.0. The molecule has 12 nitrogen and oxygen atoms in total. The number of nitrogens with zero attached hydrogens (tertiary/aromatic N) is 3. The summed E-state index contributed by atoms with van der Waals surface area (Å²) in [5.41, 5.74) is 5.11. The molecule has 2 aromatic carbocycles. The maximum atomic E-state index is 13.0. The smallest absolute Gasteiger partial charge is 0.338 e. The average Bonchev–Trinajstić information content (AvgIpc) is 2.85. The highest BCUT2D eigenvalue weighted by molar-refractivity contribution is 5.98. The molecule has 0 saturated heterocycles. The van der Waals surface area contributed by atoms with Crippen LogP contribution in [0.1, 0.15) is 34.8 Å². The molecule has 0 atom stereocenters. The number of benzene rings is 2. The fourth-order valence-corrected chi connectivity index (χ4v) is 3.57. The lowest BCUT2D eigenvalue weighted by molar-refractivity contribution is -0.385. The fourth-order valence-electron chi connectivity index (χ4n) is 3.57. The van der Waals surface area contributed by atoms with Crippen LogP contribution in [0.5, 0.6) is 0 Å². The number of H-pyrrole nitrogens is 1. The standard InChI is InChI=1S/C24H25N5O7/c1-3-11-27(19(30)14-36-23(32)17-10-9-15(2)18(12-17)29(34)35)20-21(25)28(24(33)26-22(20)31)13-16-7-5-4-6-8-16/h4-10,12H,3,11,13-14,25H2,1-2H3,(H,26,31,33). The molecule has 3 N–H and O–H groups in total. The minimum atomic E-state index is -0.946. The summed E-state index contributed by atoms with van der Waals surface area (Å²) in [5.74, 6) is -1.91. The zero-order valence-electron chi connectivity index (χ0n) is 19.7. The normalized spacial score (nSPS) is 10.6. The number of hydrogen-bond acceptors (Lipinski definition) is 8. The Balaban J connectivity index is 1.87. The zero-order chi connectivity index (χ0) is 26.4. The van der Waals surface area contributed by atoms with Crippen molar-refractivity contribution in [3.8, 4) is 0 Å². The van der Waals surface area contributed by atoms with Crippen molar-refractivity contribution < 1.29 is 19.2 Å². The van der Waals surface area contributed by atoms with Gasteiger partial charge in [0, 0.05) is 18.2 Å². The Morgan fingerprint density at radius 2 is 1.86 bits per heavy atom. The first-order valence-corrected chi connectivity index (χ1v) is 11.0. The van der Waals surface area contributed by atoms with Gasteiger partial charge in [0.25, 0.3) is 17.2 Å². The molecule has 1 heterocycles. The number of anilines is 2. The van der Waals surface area contributed by atoms with Crippen LogP contribution in [0.25, 0.3) is 0 Å². The summed E-state index contributed by atoms with van der Waals surface area (Å²) < 4.78 is 6.21. The van der Waals surface area contributed by atoms with E-state index in [1.165, 1.54) is 19.1 Å². The maximum absolute atomic E-state index is 13.0. The molecule has 188 valence electrons. The molecular formula is C24H25N5O7. The van der Waals surface area contributed by atoms with Crippen LogP contribution in [0, 0.1) is 17.0 Å². The summed E-state index contributed by atoms with van der Waals surface area (Å²) in [6.07, 6.45) is 0.431. The van der Waals surface area contributed by atoms with Crippen molar-refractivity contribution in [3.05, 3.63) is 96.2 Å². The number of carbonyl (C=O) groups is 2. The van der Waals surface area contributed by atoms with Gasteiger partial charge >= 0.3 is 11.7 Å². The van der Waals surface area contributed by atoms with E-state index < -0.39 is 34.7 Å². The molecule has 0 spiro atoms. The third-order valence-electron chi connectivity index (χ3n) is 5.38. The van der Waals surface area contributed by atoms with E-state index in [9.17, 15) is 29.3 Å². The monoisotopic (exact) mass is 495 g/mol. The molecule has 0 bridgehead atoms. The number of nitro groups is 1. The summed E-state index contributed by atoms with van der Waals surface area (Å²) in [6, 6.07) is 12.7. The van der Waals surface area contributed by atoms with Gasteiger partial charge in [-0.15, -0.1) is 0 Å². The van der Waals surface area contributed by atoms with Crippen molar-refractivity contribution in [2.24, 2.45) is 0 Å². The van der Waals surface area contributed by atoms with Crippen LogP contribution in [-0.2, 0) is 16.1 Å². The van der Waals surface area contributed by atoms with E-state index in [-0.39, 0.29) is 35.8 Å². The number of aryl methyl sites for hydroxylation is 1. The summed E-state index contributed by atoms with van der Waals surface area (Å²) in [7, 11) is 0. The maximum Gasteiger partial charge on any atom is 0.338 e. The predicted molar refractivity (Wildman–Crippen MR) is 132 cm³/mol. The quantitative estimate of drug-likeness (QED) is 0.258. The number of nitrogens with two attached hydrogens (primary N) is 1. The van der Waals surface area contributed by atoms with E-state index in [2.05, 4.69) is 4.98 Å². The minimum absolute atomic E-state index is 0.0587. The molecule has 0 aliphatic rings. The van der Waals surface area contributed by atoms with Crippen molar-refractivity contribution in [1.82, 2.24) is 9.55 Å². The molecule has 0 aliphatic carbocycles. The highest BCUT2D eigenvalue weighted by Gasteiger charge is 2.25. The number of ether oxygens (including phenoxy) is 1. The van der Waals surface area contributed by atoms with Crippen LogP contribution < -0.4 is 21.9 Å². The van der Waals surface area contributed by atoms with Gasteiger partial charge in [0.1, 0.15) is 5.82 Å². The Bertz CT molecular complexity index is 1410. The second-order valence-electron chi connectivity index (χ2n) is 7.94. The summed E-state index contributed by atoms with van der Waals surface area (Å²) >= 11 is 0. The van der Waals surface area contributed by atoms with Crippen molar-refractivity contribution in [2.45, 2.75) is 26.8 Å². The average molecular weight is 495 g/mol. The highest BCUT2D eigenvalue weighted by Crippen LogP contribution is 2.21. The number of aromatic nitrogens is 2. The molecule has 12 heteroatoms. The predicted octanol–water partition coefficient (Wildman–Crippen LogP) is 1.98. The molecular weight excluding hydrogens is 470 g/mol. The van der Waals surface area contributed by atoms with E-state index in [1.807, 2.05) is 6.07 Å². The lowest BCUT2D eigenvalue weighted by Gasteiger charge is -2.24. The molecule has 3 aromatic rings. The first-order chi connectivity index (χ1) is 17.1. The van der Waals surface area contributed by atoms with Crippen LogP contribution in [0.2, 0.25) is 0 Å². The summed E-state index contributed by atoms with van der Waals surface area (Å²) in [5, 5.41) is 11.1. The minimum Gasteiger partial charge on any atom is -0.452 e. The van der Waals surface area contributed by atoms with Gasteiger partial charge in [-0.25, -0.2) is 9.59 Å². The lowest BCUT2D eigenvalue weighted by atomic mass is 10.1. The van der Waals surface area contributed by atoms with Gasteiger partial charge in [-0.1, -0.05) is 43.3 Å². The van der Waals surface area contributed by atoms with Crippen molar-refractivity contribution in [1.29, 1.82) is 0 Å². The van der Waals surface area contributed by atoms with Gasteiger partial charge in [0.2, 0.25) is 0 Å². The molecule has 1 aromatic heterocycles. The van der Waals surface area contributed by atoms with E-state index in [1.54, 1.807) is 31.2 Å². The second-order valence-corrected chi connectivity index (χ2v) is 7.94. The fraction of sp³-hybridized carbons (Fsp3) is 0.250. The first kappa shape index (κ1) is 25.9. The van der Waals surface area contributed by atoms with Crippen LogP contribution in [0.3, 0.4) is 0 Å². The number of rotatable bonds is 9. The Hall–Kier alpha value is -4.74. The molecule has 0 saturated carbocycles. The van der Waals surface area contributed by atoms with E-state index in [0.717, 1.165) is 21.1 Å². The van der Waals surface area contributed by atoms with Gasteiger partial charge in [-0.05, 0) is 25.0 Å². The van der Waals surface area contributed by atoms with Crippen LogP contribution in [-0.4, -0.2) is 39.5 Å². The molecule has 3 rings (SSSR count). The topological polar surface area (TPSA) is 171 Å². The van der Waals surface area contributed by atoms with Crippen LogP contribution in [0.15, 0.2) is 58.1 Å². The van der Waals surface area contributed by atoms with Crippen molar-refractivity contribution in [3.63, 3.8) is 0 Å². The van der Waals surface area contributed by atoms with Gasteiger partial charge in [0.05, 0.1) is 17.0 Å². The van der Waals surface area contributed by atoms with Gasteiger partial charge in [-0.2, -0.15) is 0 Å². The Morgan fingerprint density at radius 3 is 2.50 bits per heavy atom. The SMILES string of the molecule is CCCN(C(=O)COC(=O)c1ccc(C)c([N+](=O)[O-])c1)c1c(N)n(Cc2ccccc2)c(=O)[nH]c1=O. The zero-order valence-corrected chi connectivity index (χ0v) is 19.7. The number of nitrogens with one attached hydrogen (secondary N) is 1. The molecule has 0 fully saturated rings.